The molecule has 6 aromatic carbocycles. The molecule has 2 aliphatic heterocycles. The highest BCUT2D eigenvalue weighted by Crippen LogP contribution is 2.44. The molecule has 4 nitrogen and oxygen atoms in total. The van der Waals surface area contributed by atoms with E-state index in [9.17, 15) is 0 Å². The molecule has 48 heavy (non-hydrogen) atoms. The predicted octanol–water partition coefficient (Wildman–Crippen LogP) is 6.66. The van der Waals surface area contributed by atoms with Gasteiger partial charge in [-0.05, 0) is 67.4 Å². The van der Waals surface area contributed by atoms with Gasteiger partial charge >= 0.3 is 0 Å². The summed E-state index contributed by atoms with van der Waals surface area (Å²) in [4.78, 5) is 0. The quantitative estimate of drug-likeness (QED) is 0.153. The summed E-state index contributed by atoms with van der Waals surface area (Å²) >= 11 is 0. The molecule has 0 spiro atoms. The van der Waals surface area contributed by atoms with E-state index in [0.717, 1.165) is 52.0 Å². The maximum Gasteiger partial charge on any atom is 0.130 e. The average Bonchev–Trinajstić information content (AvgIpc) is 3.83. The highest BCUT2D eigenvalue weighted by atomic mass is 31.1. The van der Waals surface area contributed by atoms with Crippen LogP contribution in [0.25, 0.3) is 0 Å². The Hall–Kier alpha value is -4.62. The van der Waals surface area contributed by atoms with Crippen LogP contribution in [0.3, 0.4) is 0 Å². The lowest BCUT2D eigenvalue weighted by atomic mass is 10.1. The van der Waals surface area contributed by atoms with Crippen LogP contribution in [0.4, 0.5) is 0 Å². The van der Waals surface area contributed by atoms with Crippen molar-refractivity contribution < 1.29 is 18.9 Å². The van der Waals surface area contributed by atoms with Crippen LogP contribution in [-0.4, -0.2) is 20.3 Å². The zero-order valence-electron chi connectivity index (χ0n) is 26.8. The molecule has 6 heteroatoms. The molecule has 0 radical (unpaired) electrons. The van der Waals surface area contributed by atoms with Crippen molar-refractivity contribution in [1.29, 1.82) is 0 Å². The van der Waals surface area contributed by atoms with Crippen LogP contribution in [0.5, 0.6) is 23.0 Å². The minimum atomic E-state index is -1.05. The first kappa shape index (κ1) is 30.7. The standard InChI is InChI=1S/C42H36O4P2/c1-43-35-18-8-10-20-37(35)48(39-22-12-13-31-23-25-44-41(31)39)38-21-11-9-19-36(38)46-29-30-27-32-24-26-45-42(32)40(28-30)47(33-14-4-2-5-15-33)34-16-6-3-7-17-34/h2-22,27-28H,23-26,29H2,1H3. The second-order valence-electron chi connectivity index (χ2n) is 11.8. The zero-order valence-corrected chi connectivity index (χ0v) is 28.6. The minimum Gasteiger partial charge on any atom is -0.496 e. The molecular weight excluding hydrogens is 630 g/mol. The Labute approximate surface area is 284 Å². The smallest absolute Gasteiger partial charge is 0.130 e. The summed E-state index contributed by atoms with van der Waals surface area (Å²) in [6.07, 6.45) is 1.83. The van der Waals surface area contributed by atoms with Crippen LogP contribution < -0.4 is 50.8 Å². The van der Waals surface area contributed by atoms with Crippen LogP contribution in [0.15, 0.2) is 140 Å². The van der Waals surface area contributed by atoms with Gasteiger partial charge in [0.05, 0.1) is 20.3 Å². The van der Waals surface area contributed by atoms with Gasteiger partial charge in [0.2, 0.25) is 0 Å². The average molecular weight is 667 g/mol. The number of methoxy groups -OCH3 is 1. The number of rotatable bonds is 10. The van der Waals surface area contributed by atoms with Crippen LogP contribution >= 0.6 is 15.8 Å². The van der Waals surface area contributed by atoms with E-state index in [1.807, 2.05) is 12.1 Å². The van der Waals surface area contributed by atoms with Gasteiger partial charge in [0.1, 0.15) is 29.6 Å². The number of fused-ring (bicyclic) bond motifs is 2. The van der Waals surface area contributed by atoms with Crippen LogP contribution in [0, 0.1) is 0 Å². The highest BCUT2D eigenvalue weighted by Gasteiger charge is 2.30. The Balaban J connectivity index is 1.20. The van der Waals surface area contributed by atoms with Crippen molar-refractivity contribution in [3.05, 3.63) is 156 Å². The highest BCUT2D eigenvalue weighted by molar-refractivity contribution is 7.80. The topological polar surface area (TPSA) is 36.9 Å². The molecule has 0 amide bonds. The number of para-hydroxylation sites is 3. The maximum atomic E-state index is 6.85. The van der Waals surface area contributed by atoms with Gasteiger partial charge in [0, 0.05) is 34.1 Å². The van der Waals surface area contributed by atoms with Gasteiger partial charge in [-0.3, -0.25) is 0 Å². The summed E-state index contributed by atoms with van der Waals surface area (Å²) in [5.41, 5.74) is 3.66. The van der Waals surface area contributed by atoms with Crippen LogP contribution in [0.1, 0.15) is 16.7 Å². The van der Waals surface area contributed by atoms with Crippen molar-refractivity contribution in [3.63, 3.8) is 0 Å². The first-order valence-corrected chi connectivity index (χ1v) is 19.1. The molecule has 0 saturated carbocycles. The zero-order chi connectivity index (χ0) is 32.3. The monoisotopic (exact) mass is 666 g/mol. The third kappa shape index (κ3) is 5.96. The minimum absolute atomic E-state index is 0.447. The van der Waals surface area contributed by atoms with Crippen molar-refractivity contribution in [2.75, 3.05) is 20.3 Å². The van der Waals surface area contributed by atoms with Crippen molar-refractivity contribution >= 4 is 47.7 Å². The van der Waals surface area contributed by atoms with E-state index in [1.165, 1.54) is 32.3 Å². The lowest BCUT2D eigenvalue weighted by Crippen LogP contribution is -2.24. The summed E-state index contributed by atoms with van der Waals surface area (Å²) in [5.74, 6) is 3.78. The largest absolute Gasteiger partial charge is 0.496 e. The van der Waals surface area contributed by atoms with Gasteiger partial charge in [-0.1, -0.05) is 115 Å². The van der Waals surface area contributed by atoms with Gasteiger partial charge in [-0.2, -0.15) is 0 Å². The lowest BCUT2D eigenvalue weighted by molar-refractivity contribution is 0.309. The van der Waals surface area contributed by atoms with E-state index in [2.05, 4.69) is 127 Å². The lowest BCUT2D eigenvalue weighted by Gasteiger charge is -2.25. The van der Waals surface area contributed by atoms with E-state index in [1.54, 1.807) is 7.11 Å². The number of ether oxygens (including phenoxy) is 4. The first-order valence-electron chi connectivity index (χ1n) is 16.4. The van der Waals surface area contributed by atoms with Gasteiger partial charge in [0.15, 0.2) is 0 Å². The molecule has 0 fully saturated rings. The molecule has 0 bridgehead atoms. The van der Waals surface area contributed by atoms with Gasteiger partial charge in [-0.25, -0.2) is 0 Å². The van der Waals surface area contributed by atoms with Crippen LogP contribution in [-0.2, 0) is 19.4 Å². The van der Waals surface area contributed by atoms with Crippen molar-refractivity contribution in [2.45, 2.75) is 19.4 Å². The molecule has 238 valence electrons. The summed E-state index contributed by atoms with van der Waals surface area (Å²) in [5, 5.41) is 7.33. The summed E-state index contributed by atoms with van der Waals surface area (Å²) < 4.78 is 25.4. The fourth-order valence-electron chi connectivity index (χ4n) is 6.69. The second-order valence-corrected chi connectivity index (χ2v) is 16.1. The number of hydrogen-bond acceptors (Lipinski definition) is 4. The third-order valence-corrected chi connectivity index (χ3v) is 13.8. The molecule has 0 saturated heterocycles. The Morgan fingerprint density at radius 2 is 1.08 bits per heavy atom. The maximum absolute atomic E-state index is 6.85. The Morgan fingerprint density at radius 1 is 0.521 bits per heavy atom. The van der Waals surface area contributed by atoms with E-state index < -0.39 is 15.8 Å². The van der Waals surface area contributed by atoms with Crippen LogP contribution in [0.2, 0.25) is 0 Å². The molecule has 8 rings (SSSR count). The number of benzene rings is 6. The Bertz CT molecular complexity index is 2010. The Kier molecular flexibility index (Phi) is 8.86. The van der Waals surface area contributed by atoms with E-state index in [0.29, 0.717) is 19.8 Å². The first-order chi connectivity index (χ1) is 23.8. The van der Waals surface area contributed by atoms with Crippen molar-refractivity contribution in [3.8, 4) is 23.0 Å². The van der Waals surface area contributed by atoms with Crippen molar-refractivity contribution in [1.82, 2.24) is 0 Å². The third-order valence-electron chi connectivity index (χ3n) is 8.85. The number of hydrogen-bond donors (Lipinski definition) is 0. The Morgan fingerprint density at radius 3 is 1.77 bits per heavy atom. The van der Waals surface area contributed by atoms with E-state index in [-0.39, 0.29) is 0 Å². The normalized spacial score (nSPS) is 13.7. The predicted molar refractivity (Wildman–Crippen MR) is 200 cm³/mol. The molecular formula is C42H36O4P2. The SMILES string of the molecule is COc1ccccc1P(c1ccccc1OCc1cc2c(c(P(c3ccccc3)c3ccccc3)c1)OCC2)c1cccc2c1OCC2. The summed E-state index contributed by atoms with van der Waals surface area (Å²) in [6.45, 7) is 1.86. The van der Waals surface area contributed by atoms with Gasteiger partial charge < -0.3 is 18.9 Å². The molecule has 1 unspecified atom stereocenters. The van der Waals surface area contributed by atoms with Gasteiger partial charge in [-0.15, -0.1) is 0 Å². The fraction of sp³-hybridized carbons (Fsp3) is 0.143. The van der Waals surface area contributed by atoms with E-state index >= 15 is 0 Å². The van der Waals surface area contributed by atoms with Gasteiger partial charge in [0.25, 0.3) is 0 Å². The molecule has 0 aromatic heterocycles. The molecule has 0 N–H and O–H groups in total. The molecule has 1 atom stereocenters. The second kappa shape index (κ2) is 13.9. The fourth-order valence-corrected chi connectivity index (χ4v) is 11.8. The molecule has 2 aliphatic rings. The molecule has 0 aliphatic carbocycles. The summed E-state index contributed by atoms with van der Waals surface area (Å²) in [6, 6.07) is 49.6. The van der Waals surface area contributed by atoms with Crippen molar-refractivity contribution in [2.24, 2.45) is 0 Å². The summed E-state index contributed by atoms with van der Waals surface area (Å²) in [7, 11) is -0.125. The molecule has 2 heterocycles. The molecule has 6 aromatic rings. The van der Waals surface area contributed by atoms with E-state index in [4.69, 9.17) is 18.9 Å².